The summed E-state index contributed by atoms with van der Waals surface area (Å²) >= 11 is 0. The van der Waals surface area contributed by atoms with E-state index in [1.165, 1.54) is 32.3 Å². The lowest BCUT2D eigenvalue weighted by Gasteiger charge is -2.66. The van der Waals surface area contributed by atoms with Crippen molar-refractivity contribution in [2.75, 3.05) is 5.32 Å². The molecule has 0 unspecified atom stereocenters. The summed E-state index contributed by atoms with van der Waals surface area (Å²) in [6.45, 7) is 4.26. The second-order valence-electron chi connectivity index (χ2n) is 9.73. The minimum absolute atomic E-state index is 0.0726. The first-order valence-electron chi connectivity index (χ1n) is 10.9. The number of aryl methyl sites for hydroxylation is 1. The summed E-state index contributed by atoms with van der Waals surface area (Å²) in [7, 11) is 0. The van der Waals surface area contributed by atoms with Crippen LogP contribution >= 0.6 is 0 Å². The molecule has 2 heterocycles. The molecule has 0 radical (unpaired) electrons. The molecule has 1 N–H and O–H groups in total. The second kappa shape index (κ2) is 7.01. The number of fused-ring (bicyclic) bond motifs is 1. The summed E-state index contributed by atoms with van der Waals surface area (Å²) in [6.07, 6.45) is 3.85. The number of halogens is 4. The Bertz CT molecular complexity index is 1310. The Labute approximate surface area is 187 Å². The highest BCUT2D eigenvalue weighted by Gasteiger charge is 2.70. The van der Waals surface area contributed by atoms with Crippen LogP contribution in [0.4, 0.5) is 23.4 Å². The van der Waals surface area contributed by atoms with Crippen molar-refractivity contribution in [2.45, 2.75) is 63.7 Å². The molecule has 2 aromatic heterocycles. The fourth-order valence-electron chi connectivity index (χ4n) is 5.11. The van der Waals surface area contributed by atoms with Gasteiger partial charge in [-0.05, 0) is 6.92 Å². The third-order valence-corrected chi connectivity index (χ3v) is 7.09. The predicted molar refractivity (Wildman–Crippen MR) is 117 cm³/mol. The number of nitrogens with zero attached hydrogens (tertiary/aromatic N) is 3. The van der Waals surface area contributed by atoms with Gasteiger partial charge in [-0.3, -0.25) is 4.79 Å². The highest BCUT2D eigenvalue weighted by molar-refractivity contribution is 5.90. The van der Waals surface area contributed by atoms with Gasteiger partial charge in [-0.1, -0.05) is 32.0 Å². The van der Waals surface area contributed by atoms with Crippen LogP contribution in [0.3, 0.4) is 0 Å². The Morgan fingerprint density at radius 2 is 1.91 bits per heavy atom. The van der Waals surface area contributed by atoms with E-state index in [2.05, 4.69) is 15.3 Å². The van der Waals surface area contributed by atoms with Gasteiger partial charge in [-0.2, -0.15) is 0 Å². The number of alkyl halides is 3. The summed E-state index contributed by atoms with van der Waals surface area (Å²) in [6, 6.07) is 3.94. The molecule has 0 saturated heterocycles. The molecule has 174 valence electrons. The van der Waals surface area contributed by atoms with Crippen molar-refractivity contribution in [1.29, 1.82) is 0 Å². The van der Waals surface area contributed by atoms with Crippen LogP contribution in [0.15, 0.2) is 35.5 Å². The molecule has 5 nitrogen and oxygen atoms in total. The van der Waals surface area contributed by atoms with Gasteiger partial charge in [-0.25, -0.2) is 27.5 Å². The Kier molecular flexibility index (Phi) is 4.64. The van der Waals surface area contributed by atoms with E-state index in [-0.39, 0.29) is 17.7 Å². The van der Waals surface area contributed by atoms with E-state index in [0.29, 0.717) is 41.5 Å². The van der Waals surface area contributed by atoms with Gasteiger partial charge in [0.25, 0.3) is 11.5 Å². The quantitative estimate of drug-likeness (QED) is 0.514. The summed E-state index contributed by atoms with van der Waals surface area (Å²) in [4.78, 5) is 21.4. The van der Waals surface area contributed by atoms with Gasteiger partial charge in [0.2, 0.25) is 0 Å². The lowest BCUT2D eigenvalue weighted by atomic mass is 9.47. The molecule has 3 fully saturated rings. The third kappa shape index (κ3) is 3.15. The molecule has 0 aliphatic heterocycles. The summed E-state index contributed by atoms with van der Waals surface area (Å²) in [5.41, 5.74) is -1.61. The van der Waals surface area contributed by atoms with E-state index in [0.717, 1.165) is 6.07 Å². The fraction of sp³-hybridized carbons (Fsp3) is 0.458. The van der Waals surface area contributed by atoms with Crippen molar-refractivity contribution in [3.05, 3.63) is 63.6 Å². The van der Waals surface area contributed by atoms with Gasteiger partial charge in [-0.15, -0.1) is 0 Å². The first-order chi connectivity index (χ1) is 15.5. The largest absolute Gasteiger partial charge is 0.365 e. The standard InChI is InChI=1S/C24H24F4N4O/c1-13(2)24(27,28)17-6-4-5-15(18(17)25)7-29-20-16-8-32(23-9-22(26,10-23)11-23)21(33)14(3)19(16)30-12-31-20/h4-6,8,12-13H,7,9-11H2,1-3H3,(H,29,30,31). The highest BCUT2D eigenvalue weighted by atomic mass is 19.3. The van der Waals surface area contributed by atoms with Crippen LogP contribution in [0.2, 0.25) is 0 Å². The molecule has 3 saturated carbocycles. The van der Waals surface area contributed by atoms with E-state index in [9.17, 15) is 22.4 Å². The predicted octanol–water partition coefficient (Wildman–Crippen LogP) is 5.20. The van der Waals surface area contributed by atoms with Crippen LogP contribution in [0.5, 0.6) is 0 Å². The van der Waals surface area contributed by atoms with E-state index in [1.807, 2.05) is 0 Å². The number of benzene rings is 1. The van der Waals surface area contributed by atoms with Crippen LogP contribution in [-0.4, -0.2) is 20.2 Å². The van der Waals surface area contributed by atoms with Crippen LogP contribution in [-0.2, 0) is 18.0 Å². The molecule has 3 aliphatic rings. The zero-order valence-corrected chi connectivity index (χ0v) is 18.6. The number of nitrogens with one attached hydrogen (secondary N) is 1. The molecule has 6 rings (SSSR count). The third-order valence-electron chi connectivity index (χ3n) is 7.09. The number of hydrogen-bond donors (Lipinski definition) is 1. The molecule has 1 aromatic carbocycles. The molecular weight excluding hydrogens is 436 g/mol. The Morgan fingerprint density at radius 3 is 2.55 bits per heavy atom. The van der Waals surface area contributed by atoms with Gasteiger partial charge in [0, 0.05) is 49.0 Å². The van der Waals surface area contributed by atoms with Crippen molar-refractivity contribution in [1.82, 2.24) is 14.5 Å². The van der Waals surface area contributed by atoms with Crippen LogP contribution < -0.4 is 10.9 Å². The maximum atomic E-state index is 14.9. The highest BCUT2D eigenvalue weighted by Crippen LogP contribution is 2.67. The first kappa shape index (κ1) is 21.9. The molecule has 2 bridgehead atoms. The maximum Gasteiger partial charge on any atom is 0.278 e. The van der Waals surface area contributed by atoms with Gasteiger partial charge in [0.1, 0.15) is 23.6 Å². The van der Waals surface area contributed by atoms with Crippen LogP contribution in [0.25, 0.3) is 10.9 Å². The first-order valence-corrected chi connectivity index (χ1v) is 10.9. The molecular formula is C24H24F4N4O. The van der Waals surface area contributed by atoms with Crippen molar-refractivity contribution < 1.29 is 17.6 Å². The van der Waals surface area contributed by atoms with Crippen molar-refractivity contribution >= 4 is 16.7 Å². The average Bonchev–Trinajstić information content (AvgIpc) is 2.72. The van der Waals surface area contributed by atoms with Crippen molar-refractivity contribution in [3.63, 3.8) is 0 Å². The van der Waals surface area contributed by atoms with Crippen LogP contribution in [0, 0.1) is 18.7 Å². The monoisotopic (exact) mass is 460 g/mol. The van der Waals surface area contributed by atoms with Gasteiger partial charge in [0.15, 0.2) is 0 Å². The van der Waals surface area contributed by atoms with Crippen molar-refractivity contribution in [2.24, 2.45) is 5.92 Å². The number of rotatable bonds is 6. The fourth-order valence-corrected chi connectivity index (χ4v) is 5.11. The SMILES string of the molecule is Cc1c(=O)n(C23CC(F)(C2)C3)cc2c(NCc3cccc(C(F)(F)C(C)C)c3F)ncnc12. The van der Waals surface area contributed by atoms with E-state index in [4.69, 9.17) is 0 Å². The Balaban J connectivity index is 1.50. The van der Waals surface area contributed by atoms with Gasteiger partial charge in [0.05, 0.1) is 22.0 Å². The van der Waals surface area contributed by atoms with Gasteiger partial charge >= 0.3 is 0 Å². The molecule has 9 heteroatoms. The van der Waals surface area contributed by atoms with Crippen molar-refractivity contribution in [3.8, 4) is 0 Å². The normalized spacial score (nSPS) is 24.0. The zero-order chi connectivity index (χ0) is 23.8. The second-order valence-corrected chi connectivity index (χ2v) is 9.73. The average molecular weight is 460 g/mol. The molecule has 0 amide bonds. The lowest BCUT2D eigenvalue weighted by Crippen LogP contribution is -2.71. The minimum atomic E-state index is -3.30. The van der Waals surface area contributed by atoms with E-state index < -0.39 is 34.4 Å². The minimum Gasteiger partial charge on any atom is -0.365 e. The lowest BCUT2D eigenvalue weighted by molar-refractivity contribution is -0.199. The number of hydrogen-bond acceptors (Lipinski definition) is 4. The topological polar surface area (TPSA) is 59.8 Å². The Morgan fingerprint density at radius 1 is 1.21 bits per heavy atom. The maximum absolute atomic E-state index is 14.9. The molecule has 0 spiro atoms. The number of aromatic nitrogens is 3. The molecule has 3 aliphatic carbocycles. The van der Waals surface area contributed by atoms with E-state index in [1.54, 1.807) is 17.7 Å². The van der Waals surface area contributed by atoms with E-state index >= 15 is 0 Å². The van der Waals surface area contributed by atoms with Gasteiger partial charge < -0.3 is 9.88 Å². The summed E-state index contributed by atoms with van der Waals surface area (Å²) in [5.74, 6) is -4.97. The zero-order valence-electron chi connectivity index (χ0n) is 18.6. The number of pyridine rings is 1. The molecule has 33 heavy (non-hydrogen) atoms. The Hall–Kier alpha value is -2.97. The molecule has 0 atom stereocenters. The summed E-state index contributed by atoms with van der Waals surface area (Å²) < 4.78 is 59.5. The van der Waals surface area contributed by atoms with Crippen LogP contribution in [0.1, 0.15) is 49.8 Å². The molecule has 3 aromatic rings. The smallest absolute Gasteiger partial charge is 0.278 e. The summed E-state index contributed by atoms with van der Waals surface area (Å²) in [5, 5.41) is 3.55. The number of anilines is 1.